The maximum absolute atomic E-state index is 11.9. The summed E-state index contributed by atoms with van der Waals surface area (Å²) in [7, 11) is -2.85. The molecule has 0 spiro atoms. The van der Waals surface area contributed by atoms with E-state index in [1.165, 1.54) is 0 Å². The minimum Gasteiger partial charge on any atom is -0.359 e. The molecule has 1 aromatic heterocycles. The molecule has 2 N–H and O–H groups in total. The van der Waals surface area contributed by atoms with Gasteiger partial charge in [-0.05, 0) is 54.8 Å². The molecule has 6 heteroatoms. The molecule has 0 saturated carbocycles. The van der Waals surface area contributed by atoms with Crippen LogP contribution in [0.3, 0.4) is 0 Å². The summed E-state index contributed by atoms with van der Waals surface area (Å²) in [5.74, 6) is 0.642. The van der Waals surface area contributed by atoms with Gasteiger partial charge in [0.05, 0.1) is 11.5 Å². The number of aryl methyl sites for hydroxylation is 1. The van der Waals surface area contributed by atoms with Gasteiger partial charge in [0.15, 0.2) is 9.84 Å². The van der Waals surface area contributed by atoms with E-state index >= 15 is 0 Å². The van der Waals surface area contributed by atoms with Crippen molar-refractivity contribution in [2.24, 2.45) is 5.92 Å². The molecule has 1 atom stereocenters. The van der Waals surface area contributed by atoms with Crippen LogP contribution in [0.4, 0.5) is 0 Å². The standard InChI is InChI=1S/C17H22N2O3S/c1-12-8-15-9-14(2-4-16(15)19-12)10-18-17(20)5-3-13-6-7-23(21,22)11-13/h2,4,8-9,13,19H,3,5-7,10-11H2,1H3,(H,18,20). The van der Waals surface area contributed by atoms with Crippen LogP contribution in [0.5, 0.6) is 0 Å². The topological polar surface area (TPSA) is 79.0 Å². The van der Waals surface area contributed by atoms with Crippen molar-refractivity contribution in [3.63, 3.8) is 0 Å². The summed E-state index contributed by atoms with van der Waals surface area (Å²) in [6.45, 7) is 2.52. The minimum absolute atomic E-state index is 0.0142. The number of aromatic nitrogens is 1. The van der Waals surface area contributed by atoms with Gasteiger partial charge in [-0.1, -0.05) is 6.07 Å². The van der Waals surface area contributed by atoms with Gasteiger partial charge in [0.1, 0.15) is 0 Å². The number of amides is 1. The maximum atomic E-state index is 11.9. The van der Waals surface area contributed by atoms with E-state index in [0.29, 0.717) is 25.8 Å². The second-order valence-electron chi connectivity index (χ2n) is 6.46. The van der Waals surface area contributed by atoms with Gasteiger partial charge in [0.2, 0.25) is 5.91 Å². The monoisotopic (exact) mass is 334 g/mol. The molecule has 0 bridgehead atoms. The lowest BCUT2D eigenvalue weighted by Gasteiger charge is -2.08. The lowest BCUT2D eigenvalue weighted by atomic mass is 10.0. The Balaban J connectivity index is 1.48. The van der Waals surface area contributed by atoms with E-state index < -0.39 is 9.84 Å². The lowest BCUT2D eigenvalue weighted by molar-refractivity contribution is -0.121. The zero-order chi connectivity index (χ0) is 16.4. The molecule has 124 valence electrons. The number of fused-ring (bicyclic) bond motifs is 1. The van der Waals surface area contributed by atoms with Gasteiger partial charge in [-0.3, -0.25) is 4.79 Å². The second kappa shape index (κ2) is 6.35. The van der Waals surface area contributed by atoms with Gasteiger partial charge in [-0.15, -0.1) is 0 Å². The smallest absolute Gasteiger partial charge is 0.220 e. The zero-order valence-corrected chi connectivity index (χ0v) is 14.1. The van der Waals surface area contributed by atoms with E-state index in [1.807, 2.05) is 19.1 Å². The molecule has 0 aliphatic carbocycles. The molecule has 23 heavy (non-hydrogen) atoms. The van der Waals surface area contributed by atoms with Crippen LogP contribution < -0.4 is 5.32 Å². The fourth-order valence-electron chi connectivity index (χ4n) is 3.16. The molecule has 3 rings (SSSR count). The van der Waals surface area contributed by atoms with Crippen LogP contribution in [0.1, 0.15) is 30.5 Å². The highest BCUT2D eigenvalue weighted by Crippen LogP contribution is 2.22. The van der Waals surface area contributed by atoms with Gasteiger partial charge < -0.3 is 10.3 Å². The number of aromatic amines is 1. The van der Waals surface area contributed by atoms with E-state index in [4.69, 9.17) is 0 Å². The SMILES string of the molecule is Cc1cc2cc(CNC(=O)CCC3CCS(=O)(=O)C3)ccc2[nH]1. The fourth-order valence-corrected chi connectivity index (χ4v) is 5.07. The Kier molecular flexibility index (Phi) is 4.43. The van der Waals surface area contributed by atoms with Crippen molar-refractivity contribution < 1.29 is 13.2 Å². The third-order valence-electron chi connectivity index (χ3n) is 4.42. The first kappa shape index (κ1) is 16.1. The summed E-state index contributed by atoms with van der Waals surface area (Å²) >= 11 is 0. The summed E-state index contributed by atoms with van der Waals surface area (Å²) in [6, 6.07) is 8.18. The first-order chi connectivity index (χ1) is 10.9. The molecular weight excluding hydrogens is 312 g/mol. The number of benzene rings is 1. The van der Waals surface area contributed by atoms with Crippen molar-refractivity contribution in [1.82, 2.24) is 10.3 Å². The minimum atomic E-state index is -2.85. The predicted molar refractivity (Wildman–Crippen MR) is 90.9 cm³/mol. The van der Waals surface area contributed by atoms with Crippen LogP contribution in [0.2, 0.25) is 0 Å². The van der Waals surface area contributed by atoms with Gasteiger partial charge >= 0.3 is 0 Å². The largest absolute Gasteiger partial charge is 0.359 e. The van der Waals surface area contributed by atoms with Crippen molar-refractivity contribution in [3.8, 4) is 0 Å². The number of rotatable bonds is 5. The number of hydrogen-bond donors (Lipinski definition) is 2. The van der Waals surface area contributed by atoms with Crippen molar-refractivity contribution in [2.45, 2.75) is 32.7 Å². The van der Waals surface area contributed by atoms with Crippen LogP contribution in [-0.4, -0.2) is 30.8 Å². The fraction of sp³-hybridized carbons (Fsp3) is 0.471. The van der Waals surface area contributed by atoms with Gasteiger partial charge in [-0.25, -0.2) is 8.42 Å². The average Bonchev–Trinajstić information content (AvgIpc) is 3.03. The lowest BCUT2D eigenvalue weighted by Crippen LogP contribution is -2.23. The first-order valence-electron chi connectivity index (χ1n) is 7.97. The summed E-state index contributed by atoms with van der Waals surface area (Å²) < 4.78 is 22.8. The van der Waals surface area contributed by atoms with Gasteiger partial charge in [0, 0.05) is 24.2 Å². The molecule has 1 saturated heterocycles. The molecule has 1 amide bonds. The Bertz CT molecular complexity index is 823. The number of nitrogens with one attached hydrogen (secondary N) is 2. The van der Waals surface area contributed by atoms with Crippen molar-refractivity contribution in [1.29, 1.82) is 0 Å². The van der Waals surface area contributed by atoms with E-state index in [1.54, 1.807) is 0 Å². The molecule has 1 fully saturated rings. The van der Waals surface area contributed by atoms with E-state index in [0.717, 1.165) is 22.2 Å². The third-order valence-corrected chi connectivity index (χ3v) is 6.25. The molecule has 5 nitrogen and oxygen atoms in total. The zero-order valence-electron chi connectivity index (χ0n) is 13.3. The summed E-state index contributed by atoms with van der Waals surface area (Å²) in [5, 5.41) is 4.06. The molecule has 1 aromatic carbocycles. The molecule has 0 radical (unpaired) electrons. The quantitative estimate of drug-likeness (QED) is 0.880. The highest BCUT2D eigenvalue weighted by atomic mass is 32.2. The Morgan fingerprint density at radius 2 is 2.17 bits per heavy atom. The Morgan fingerprint density at radius 1 is 1.35 bits per heavy atom. The van der Waals surface area contributed by atoms with Crippen LogP contribution in [0, 0.1) is 12.8 Å². The van der Waals surface area contributed by atoms with Gasteiger partial charge in [-0.2, -0.15) is 0 Å². The maximum Gasteiger partial charge on any atom is 0.220 e. The average molecular weight is 334 g/mol. The number of carbonyl (C=O) groups excluding carboxylic acids is 1. The summed E-state index contributed by atoms with van der Waals surface area (Å²) in [5.41, 5.74) is 3.28. The molecule has 2 aromatic rings. The Labute approximate surface area is 136 Å². The Hall–Kier alpha value is -1.82. The third kappa shape index (κ3) is 4.13. The van der Waals surface area contributed by atoms with Crippen LogP contribution in [-0.2, 0) is 21.2 Å². The van der Waals surface area contributed by atoms with Crippen molar-refractivity contribution in [3.05, 3.63) is 35.5 Å². The van der Waals surface area contributed by atoms with Crippen LogP contribution >= 0.6 is 0 Å². The number of hydrogen-bond acceptors (Lipinski definition) is 3. The van der Waals surface area contributed by atoms with Crippen LogP contribution in [0.25, 0.3) is 10.9 Å². The van der Waals surface area contributed by atoms with E-state index in [2.05, 4.69) is 22.4 Å². The number of sulfone groups is 1. The van der Waals surface area contributed by atoms with Crippen molar-refractivity contribution >= 4 is 26.6 Å². The first-order valence-corrected chi connectivity index (χ1v) is 9.79. The predicted octanol–water partition coefficient (Wildman–Crippen LogP) is 2.31. The summed E-state index contributed by atoms with van der Waals surface area (Å²) in [4.78, 5) is 15.2. The van der Waals surface area contributed by atoms with E-state index in [-0.39, 0.29) is 23.3 Å². The molecule has 1 aliphatic heterocycles. The van der Waals surface area contributed by atoms with Gasteiger partial charge in [0.25, 0.3) is 0 Å². The summed E-state index contributed by atoms with van der Waals surface area (Å²) in [6.07, 6.45) is 1.74. The normalized spacial score (nSPS) is 20.0. The molecular formula is C17H22N2O3S. The highest BCUT2D eigenvalue weighted by molar-refractivity contribution is 7.91. The van der Waals surface area contributed by atoms with Crippen molar-refractivity contribution in [2.75, 3.05) is 11.5 Å². The van der Waals surface area contributed by atoms with Crippen LogP contribution in [0.15, 0.2) is 24.3 Å². The number of H-pyrrole nitrogens is 1. The molecule has 1 unspecified atom stereocenters. The number of carbonyl (C=O) groups is 1. The van der Waals surface area contributed by atoms with E-state index in [9.17, 15) is 13.2 Å². The molecule has 1 aliphatic rings. The Morgan fingerprint density at radius 3 is 2.91 bits per heavy atom. The highest BCUT2D eigenvalue weighted by Gasteiger charge is 2.27. The molecule has 2 heterocycles. The second-order valence-corrected chi connectivity index (χ2v) is 8.69.